The van der Waals surface area contributed by atoms with E-state index in [1.54, 1.807) is 4.90 Å². The SMILES string of the molecule is S=c1nc(-c2ccccc2)[nH]n1C[NH+]1CCC[C@H]1c1cccs1. The zero-order chi connectivity index (χ0) is 15.6. The number of rotatable bonds is 4. The summed E-state index contributed by atoms with van der Waals surface area (Å²) < 4.78 is 2.65. The van der Waals surface area contributed by atoms with Gasteiger partial charge in [-0.25, -0.2) is 4.68 Å². The lowest BCUT2D eigenvalue weighted by atomic mass is 10.2. The molecular formula is C17H19N4S2+. The van der Waals surface area contributed by atoms with Gasteiger partial charge < -0.3 is 4.90 Å². The van der Waals surface area contributed by atoms with Gasteiger partial charge in [-0.3, -0.25) is 5.10 Å². The van der Waals surface area contributed by atoms with E-state index < -0.39 is 0 Å². The van der Waals surface area contributed by atoms with E-state index in [4.69, 9.17) is 12.2 Å². The molecule has 23 heavy (non-hydrogen) atoms. The lowest BCUT2D eigenvalue weighted by Gasteiger charge is -2.20. The highest BCUT2D eigenvalue weighted by atomic mass is 32.1. The van der Waals surface area contributed by atoms with Gasteiger partial charge in [0.2, 0.25) is 4.77 Å². The zero-order valence-electron chi connectivity index (χ0n) is 12.7. The van der Waals surface area contributed by atoms with E-state index in [-0.39, 0.29) is 0 Å². The number of thiophene rings is 1. The number of quaternary nitrogens is 1. The van der Waals surface area contributed by atoms with Crippen molar-refractivity contribution in [1.82, 2.24) is 14.8 Å². The van der Waals surface area contributed by atoms with Crippen LogP contribution >= 0.6 is 23.6 Å². The maximum atomic E-state index is 5.46. The number of benzene rings is 1. The van der Waals surface area contributed by atoms with Gasteiger partial charge in [-0.05, 0) is 23.7 Å². The largest absolute Gasteiger partial charge is 0.309 e. The topological polar surface area (TPSA) is 38.0 Å². The Morgan fingerprint density at radius 1 is 1.26 bits per heavy atom. The van der Waals surface area contributed by atoms with Crippen LogP contribution in [0.25, 0.3) is 11.4 Å². The van der Waals surface area contributed by atoms with Crippen molar-refractivity contribution in [3.8, 4) is 11.4 Å². The van der Waals surface area contributed by atoms with Crippen molar-refractivity contribution < 1.29 is 4.90 Å². The Kier molecular flexibility index (Phi) is 4.11. The smallest absolute Gasteiger partial charge is 0.221 e. The summed E-state index contributed by atoms with van der Waals surface area (Å²) in [5, 5.41) is 5.54. The van der Waals surface area contributed by atoms with E-state index >= 15 is 0 Å². The zero-order valence-corrected chi connectivity index (χ0v) is 14.4. The second-order valence-corrected chi connectivity index (χ2v) is 7.27. The molecule has 0 bridgehead atoms. The number of nitrogens with zero attached hydrogens (tertiary/aromatic N) is 2. The molecule has 1 aromatic carbocycles. The van der Waals surface area contributed by atoms with Crippen molar-refractivity contribution >= 4 is 23.6 Å². The summed E-state index contributed by atoms with van der Waals surface area (Å²) in [4.78, 5) is 7.56. The molecule has 1 fully saturated rings. The van der Waals surface area contributed by atoms with Crippen molar-refractivity contribution in [2.45, 2.75) is 25.6 Å². The molecule has 4 nitrogen and oxygen atoms in total. The second-order valence-electron chi connectivity index (χ2n) is 5.93. The average molecular weight is 344 g/mol. The van der Waals surface area contributed by atoms with Gasteiger partial charge in [0, 0.05) is 18.4 Å². The average Bonchev–Trinajstić information content (AvgIpc) is 3.30. The Morgan fingerprint density at radius 2 is 2.13 bits per heavy atom. The lowest BCUT2D eigenvalue weighted by molar-refractivity contribution is -0.941. The van der Waals surface area contributed by atoms with Gasteiger partial charge in [-0.15, -0.1) is 11.3 Å². The van der Waals surface area contributed by atoms with Crippen molar-refractivity contribution in [3.63, 3.8) is 0 Å². The molecule has 1 unspecified atom stereocenters. The van der Waals surface area contributed by atoms with E-state index in [1.807, 2.05) is 34.2 Å². The van der Waals surface area contributed by atoms with Gasteiger partial charge >= 0.3 is 0 Å². The fourth-order valence-electron chi connectivity index (χ4n) is 3.33. The molecule has 0 saturated carbocycles. The summed E-state index contributed by atoms with van der Waals surface area (Å²) in [7, 11) is 0. The number of H-pyrrole nitrogens is 1. The molecule has 3 heterocycles. The third kappa shape index (κ3) is 3.02. The first-order valence-electron chi connectivity index (χ1n) is 7.91. The Labute approximate surface area is 144 Å². The highest BCUT2D eigenvalue weighted by molar-refractivity contribution is 7.71. The third-order valence-corrected chi connectivity index (χ3v) is 5.76. The van der Waals surface area contributed by atoms with Crippen LogP contribution in [-0.4, -0.2) is 21.3 Å². The number of hydrogen-bond donors (Lipinski definition) is 2. The summed E-state index contributed by atoms with van der Waals surface area (Å²) in [6.07, 6.45) is 2.52. The molecule has 1 aliphatic rings. The highest BCUT2D eigenvalue weighted by Crippen LogP contribution is 2.23. The van der Waals surface area contributed by atoms with E-state index in [9.17, 15) is 0 Å². The van der Waals surface area contributed by atoms with E-state index in [0.29, 0.717) is 10.8 Å². The predicted molar refractivity (Wildman–Crippen MR) is 95.0 cm³/mol. The monoisotopic (exact) mass is 343 g/mol. The summed E-state index contributed by atoms with van der Waals surface area (Å²) in [6.45, 7) is 2.03. The first-order valence-corrected chi connectivity index (χ1v) is 9.20. The van der Waals surface area contributed by atoms with Crippen LogP contribution < -0.4 is 4.90 Å². The fraction of sp³-hybridized carbons (Fsp3) is 0.294. The highest BCUT2D eigenvalue weighted by Gasteiger charge is 2.31. The molecule has 2 atom stereocenters. The van der Waals surface area contributed by atoms with Crippen molar-refractivity contribution in [1.29, 1.82) is 0 Å². The van der Waals surface area contributed by atoms with E-state index in [0.717, 1.165) is 18.1 Å². The molecule has 118 valence electrons. The molecule has 0 spiro atoms. The molecule has 6 heteroatoms. The lowest BCUT2D eigenvalue weighted by Crippen LogP contribution is -3.09. The van der Waals surface area contributed by atoms with Gasteiger partial charge in [0.05, 0.1) is 11.4 Å². The number of aromatic amines is 1. The molecule has 1 aliphatic heterocycles. The molecule has 0 radical (unpaired) electrons. The van der Waals surface area contributed by atoms with Gasteiger partial charge in [-0.1, -0.05) is 36.4 Å². The predicted octanol–water partition coefficient (Wildman–Crippen LogP) is 3.05. The first kappa shape index (κ1) is 14.8. The Morgan fingerprint density at radius 3 is 2.91 bits per heavy atom. The molecule has 4 rings (SSSR count). The molecule has 1 saturated heterocycles. The summed E-state index contributed by atoms with van der Waals surface area (Å²) >= 11 is 7.31. The summed E-state index contributed by atoms with van der Waals surface area (Å²) in [6, 6.07) is 15.1. The molecule has 0 amide bonds. The number of likely N-dealkylation sites (tertiary alicyclic amines) is 1. The number of hydrogen-bond acceptors (Lipinski definition) is 3. The molecule has 3 aromatic rings. The molecule has 2 aromatic heterocycles. The Hall–Kier alpha value is -1.76. The van der Waals surface area contributed by atoms with Gasteiger partial charge in [-0.2, -0.15) is 4.98 Å². The molecule has 0 aliphatic carbocycles. The Bertz CT molecular complexity index is 820. The van der Waals surface area contributed by atoms with Crippen molar-refractivity contribution in [2.24, 2.45) is 0 Å². The van der Waals surface area contributed by atoms with Crippen LogP contribution in [0.2, 0.25) is 0 Å². The minimum absolute atomic E-state index is 0.584. The van der Waals surface area contributed by atoms with Gasteiger partial charge in [0.15, 0.2) is 12.5 Å². The minimum Gasteiger partial charge on any atom is -0.309 e. The van der Waals surface area contributed by atoms with Gasteiger partial charge in [0.1, 0.15) is 6.04 Å². The summed E-state index contributed by atoms with van der Waals surface area (Å²) in [5.41, 5.74) is 1.07. The maximum Gasteiger partial charge on any atom is 0.221 e. The van der Waals surface area contributed by atoms with Crippen LogP contribution in [0, 0.1) is 4.77 Å². The second kappa shape index (κ2) is 6.39. The van der Waals surface area contributed by atoms with Crippen LogP contribution in [0.3, 0.4) is 0 Å². The number of aromatic nitrogens is 3. The van der Waals surface area contributed by atoms with E-state index in [2.05, 4.69) is 39.7 Å². The van der Waals surface area contributed by atoms with Crippen LogP contribution in [0.1, 0.15) is 23.8 Å². The summed E-state index contributed by atoms with van der Waals surface area (Å²) in [5.74, 6) is 0.849. The first-order chi connectivity index (χ1) is 11.3. The van der Waals surface area contributed by atoms with Crippen LogP contribution in [0.4, 0.5) is 0 Å². The van der Waals surface area contributed by atoms with E-state index in [1.165, 1.54) is 24.3 Å². The minimum atomic E-state index is 0.584. The van der Waals surface area contributed by atoms with Crippen LogP contribution in [0.5, 0.6) is 0 Å². The van der Waals surface area contributed by atoms with Crippen molar-refractivity contribution in [2.75, 3.05) is 6.54 Å². The standard InChI is InChI=1S/C17H18N4S2/c22-17-18-16(13-6-2-1-3-7-13)19-21(17)12-20-10-4-8-14(20)15-9-5-11-23-15/h1-3,5-7,9,11,14H,4,8,10,12H2,(H,18,19,22)/p+1/t14-/m0/s1. The van der Waals surface area contributed by atoms with Crippen LogP contribution in [0.15, 0.2) is 47.8 Å². The Balaban J connectivity index is 1.57. The quantitative estimate of drug-likeness (QED) is 0.715. The normalized spacial score (nSPS) is 20.9. The van der Waals surface area contributed by atoms with Crippen molar-refractivity contribution in [3.05, 3.63) is 57.5 Å². The number of nitrogens with one attached hydrogen (secondary N) is 2. The third-order valence-electron chi connectivity index (χ3n) is 4.46. The molecule has 2 N–H and O–H groups in total. The fourth-order valence-corrected chi connectivity index (χ4v) is 4.45. The molecular weight excluding hydrogens is 324 g/mol. The maximum absolute atomic E-state index is 5.46. The van der Waals surface area contributed by atoms with Gasteiger partial charge in [0.25, 0.3) is 0 Å². The van der Waals surface area contributed by atoms with Crippen LogP contribution in [-0.2, 0) is 6.67 Å².